The monoisotopic (exact) mass is 336 g/mol. The number of aromatic hydroxyl groups is 1. The Kier molecular flexibility index (Phi) is 2.38. The summed E-state index contributed by atoms with van der Waals surface area (Å²) in [5.41, 5.74) is 2.99. The zero-order valence-corrected chi connectivity index (χ0v) is 13.6. The number of furan rings is 1. The lowest BCUT2D eigenvalue weighted by Crippen LogP contribution is -2.34. The third-order valence-electron chi connectivity index (χ3n) is 5.29. The van der Waals surface area contributed by atoms with Gasteiger partial charge in [0.05, 0.1) is 5.39 Å². The lowest BCUT2D eigenvalue weighted by Gasteiger charge is -2.09. The number of fused-ring (bicyclic) bond motifs is 7. The molecule has 3 nitrogen and oxygen atoms in total. The molecule has 2 aliphatic rings. The molecule has 0 spiro atoms. The van der Waals surface area contributed by atoms with Gasteiger partial charge in [0.2, 0.25) is 0 Å². The molecule has 0 unspecified atom stereocenters. The Morgan fingerprint density at radius 2 is 1.62 bits per heavy atom. The van der Waals surface area contributed by atoms with Gasteiger partial charge in [0.25, 0.3) is 0 Å². The van der Waals surface area contributed by atoms with Crippen molar-refractivity contribution in [2.24, 2.45) is 0 Å². The van der Waals surface area contributed by atoms with Gasteiger partial charge in [0.15, 0.2) is 5.78 Å². The van der Waals surface area contributed by atoms with Crippen LogP contribution in [-0.4, -0.2) is 10.9 Å². The molecule has 1 heterocycles. The molecule has 0 bridgehead atoms. The van der Waals surface area contributed by atoms with Gasteiger partial charge in [-0.05, 0) is 56.8 Å². The average Bonchev–Trinajstić information content (AvgIpc) is 3.21. The topological polar surface area (TPSA) is 50.4 Å². The van der Waals surface area contributed by atoms with Crippen molar-refractivity contribution in [3.63, 3.8) is 0 Å². The van der Waals surface area contributed by atoms with Gasteiger partial charge >= 0.3 is 0 Å². The predicted molar refractivity (Wildman–Crippen MR) is 101 cm³/mol. The predicted octanol–water partition coefficient (Wildman–Crippen LogP) is 1.45. The van der Waals surface area contributed by atoms with Gasteiger partial charge in [0.1, 0.15) is 16.9 Å². The van der Waals surface area contributed by atoms with Gasteiger partial charge in [-0.25, -0.2) is 0 Å². The normalized spacial score (nSPS) is 14.8. The third-order valence-corrected chi connectivity index (χ3v) is 5.29. The molecule has 122 valence electrons. The number of carbonyl (C=O) groups excluding carboxylic acids is 1. The summed E-state index contributed by atoms with van der Waals surface area (Å²) < 4.78 is 5.89. The molecule has 26 heavy (non-hydrogen) atoms. The Bertz CT molecular complexity index is 1550. The number of Topliss-reactive ketones (excluding diaryl/α,β-unsaturated/α-hetero) is 1. The van der Waals surface area contributed by atoms with Crippen LogP contribution in [0.3, 0.4) is 0 Å². The van der Waals surface area contributed by atoms with Crippen molar-refractivity contribution in [2.45, 2.75) is 0 Å². The first-order chi connectivity index (χ1) is 12.7. The van der Waals surface area contributed by atoms with Crippen LogP contribution in [0.2, 0.25) is 0 Å². The van der Waals surface area contributed by atoms with Crippen LogP contribution in [-0.2, 0) is 4.79 Å². The molecule has 3 aromatic carbocycles. The smallest absolute Gasteiger partial charge is 0.187 e. The van der Waals surface area contributed by atoms with E-state index in [0.29, 0.717) is 16.6 Å². The molecule has 0 radical (unpaired) electrons. The minimum Gasteiger partial charge on any atom is -0.507 e. The largest absolute Gasteiger partial charge is 0.507 e. The fourth-order valence-corrected chi connectivity index (χ4v) is 4.21. The molecule has 0 amide bonds. The van der Waals surface area contributed by atoms with Crippen molar-refractivity contribution >= 4 is 51.0 Å². The van der Waals surface area contributed by atoms with E-state index in [0.717, 1.165) is 37.4 Å². The van der Waals surface area contributed by atoms with Crippen LogP contribution in [0.15, 0.2) is 59.0 Å². The van der Waals surface area contributed by atoms with Gasteiger partial charge < -0.3 is 9.52 Å². The van der Waals surface area contributed by atoms with Crippen molar-refractivity contribution in [1.82, 2.24) is 0 Å². The van der Waals surface area contributed by atoms with Gasteiger partial charge in [-0.1, -0.05) is 36.4 Å². The van der Waals surface area contributed by atoms with Gasteiger partial charge in [-0.15, -0.1) is 0 Å². The summed E-state index contributed by atoms with van der Waals surface area (Å²) in [4.78, 5) is 13.0. The van der Waals surface area contributed by atoms with Crippen LogP contribution >= 0.6 is 0 Å². The molecule has 1 aromatic heterocycles. The molecule has 0 aliphatic heterocycles. The Morgan fingerprint density at radius 3 is 2.54 bits per heavy atom. The Balaban J connectivity index is 1.92. The highest BCUT2D eigenvalue weighted by Crippen LogP contribution is 2.33. The zero-order valence-electron chi connectivity index (χ0n) is 13.6. The number of phenols is 1. The highest BCUT2D eigenvalue weighted by molar-refractivity contribution is 6.45. The third kappa shape index (κ3) is 1.55. The standard InChI is InChI=1S/C23H12O3/c24-17-6-3-7-19-23(17)22-16-11-18(25)21-13-5-2-1-4-12(13)10-15(21)14(16)8-9-20(22)26-19/h1-11,24H. The number of hydrogen-bond donors (Lipinski definition) is 1. The maximum absolute atomic E-state index is 13.0. The molecular formula is C23H12O3. The van der Waals surface area contributed by atoms with E-state index in [1.807, 2.05) is 42.5 Å². The van der Waals surface area contributed by atoms with Crippen molar-refractivity contribution in [1.29, 1.82) is 0 Å². The van der Waals surface area contributed by atoms with E-state index in [4.69, 9.17) is 4.42 Å². The second-order valence-corrected chi connectivity index (χ2v) is 6.68. The molecule has 0 saturated carbocycles. The van der Waals surface area contributed by atoms with Crippen molar-refractivity contribution in [2.75, 3.05) is 0 Å². The number of hydrogen-bond acceptors (Lipinski definition) is 3. The minimum absolute atomic E-state index is 0.00836. The summed E-state index contributed by atoms with van der Waals surface area (Å²) >= 11 is 0. The fraction of sp³-hybridized carbons (Fsp3) is 0. The molecule has 0 fully saturated rings. The second kappa shape index (κ2) is 4.52. The number of carbonyl (C=O) groups is 1. The Labute approximate surface area is 147 Å². The van der Waals surface area contributed by atoms with Crippen molar-refractivity contribution < 1.29 is 14.3 Å². The first-order valence-corrected chi connectivity index (χ1v) is 8.47. The average molecular weight is 336 g/mol. The van der Waals surface area contributed by atoms with Gasteiger partial charge in [-0.3, -0.25) is 4.79 Å². The summed E-state index contributed by atoms with van der Waals surface area (Å²) in [5, 5.41) is 15.7. The van der Waals surface area contributed by atoms with E-state index < -0.39 is 0 Å². The van der Waals surface area contributed by atoms with Crippen LogP contribution < -0.4 is 20.9 Å². The van der Waals surface area contributed by atoms with E-state index >= 15 is 0 Å². The van der Waals surface area contributed by atoms with Gasteiger partial charge in [0, 0.05) is 11.0 Å². The molecule has 4 aromatic rings. The first kappa shape index (κ1) is 13.7. The molecule has 0 saturated heterocycles. The number of ketones is 1. The quantitative estimate of drug-likeness (QED) is 0.529. The van der Waals surface area contributed by atoms with E-state index in [-0.39, 0.29) is 11.5 Å². The number of benzene rings is 3. The molecule has 1 N–H and O–H groups in total. The summed E-state index contributed by atoms with van der Waals surface area (Å²) in [6, 6.07) is 17.1. The minimum atomic E-state index is -0.00836. The van der Waals surface area contributed by atoms with Crippen LogP contribution in [0.1, 0.15) is 0 Å². The lowest BCUT2D eigenvalue weighted by molar-refractivity contribution is -0.108. The Morgan fingerprint density at radius 1 is 0.769 bits per heavy atom. The summed E-state index contributed by atoms with van der Waals surface area (Å²) in [5.74, 6) is 0.153. The van der Waals surface area contributed by atoms with Crippen LogP contribution in [0.5, 0.6) is 5.75 Å². The summed E-state index contributed by atoms with van der Waals surface area (Å²) in [6.45, 7) is 0. The molecular weight excluding hydrogens is 324 g/mol. The fourth-order valence-electron chi connectivity index (χ4n) is 4.21. The number of phenolic OH excluding ortho intramolecular Hbond substituents is 1. The van der Waals surface area contributed by atoms with E-state index in [9.17, 15) is 9.90 Å². The zero-order chi connectivity index (χ0) is 17.4. The first-order valence-electron chi connectivity index (χ1n) is 8.47. The second-order valence-electron chi connectivity index (χ2n) is 6.68. The van der Waals surface area contributed by atoms with Crippen LogP contribution in [0, 0.1) is 0 Å². The highest BCUT2D eigenvalue weighted by Gasteiger charge is 2.23. The lowest BCUT2D eigenvalue weighted by atomic mass is 9.92. The number of rotatable bonds is 0. The van der Waals surface area contributed by atoms with Crippen molar-refractivity contribution in [3.8, 4) is 5.75 Å². The maximum Gasteiger partial charge on any atom is 0.187 e. The SMILES string of the molecule is O=C1C=c2c(ccc3oc4cccc(O)c4c23)=C2C=c3ccccc3=C12. The van der Waals surface area contributed by atoms with E-state index in [1.165, 1.54) is 0 Å². The summed E-state index contributed by atoms with van der Waals surface area (Å²) in [6.07, 6.45) is 3.75. The molecule has 6 rings (SSSR count). The van der Waals surface area contributed by atoms with Crippen molar-refractivity contribution in [3.05, 3.63) is 75.5 Å². The van der Waals surface area contributed by atoms with Crippen LogP contribution in [0.25, 0.3) is 45.2 Å². The van der Waals surface area contributed by atoms with Crippen LogP contribution in [0.4, 0.5) is 0 Å². The summed E-state index contributed by atoms with van der Waals surface area (Å²) in [7, 11) is 0. The molecule has 2 aliphatic carbocycles. The Hall–Kier alpha value is -3.59. The van der Waals surface area contributed by atoms with E-state index in [1.54, 1.807) is 18.2 Å². The van der Waals surface area contributed by atoms with E-state index in [2.05, 4.69) is 6.08 Å². The van der Waals surface area contributed by atoms with Gasteiger partial charge in [-0.2, -0.15) is 0 Å². The highest BCUT2D eigenvalue weighted by atomic mass is 16.3. The molecule has 3 heteroatoms. The maximum atomic E-state index is 13.0. The molecule has 0 atom stereocenters.